The molecule has 1 amide bonds. The Labute approximate surface area is 114 Å². The molecule has 104 valence electrons. The van der Waals surface area contributed by atoms with Gasteiger partial charge in [-0.15, -0.1) is 0 Å². The molecule has 0 spiro atoms. The molecule has 0 bridgehead atoms. The molecule has 0 aromatic carbocycles. The van der Waals surface area contributed by atoms with Crippen molar-refractivity contribution in [1.82, 2.24) is 14.9 Å². The monoisotopic (exact) mass is 263 g/mol. The predicted octanol–water partition coefficient (Wildman–Crippen LogP) is 1.46. The van der Waals surface area contributed by atoms with E-state index in [9.17, 15) is 4.79 Å². The summed E-state index contributed by atoms with van der Waals surface area (Å²) in [6, 6.07) is 0. The van der Waals surface area contributed by atoms with E-state index in [4.69, 9.17) is 4.74 Å². The van der Waals surface area contributed by atoms with Gasteiger partial charge in [0, 0.05) is 31.5 Å². The maximum atomic E-state index is 12.1. The summed E-state index contributed by atoms with van der Waals surface area (Å²) in [6.07, 6.45) is 3.68. The highest BCUT2D eigenvalue weighted by atomic mass is 16.5. The highest BCUT2D eigenvalue weighted by Gasteiger charge is 2.22. The number of carbonyl (C=O) groups is 1. The van der Waals surface area contributed by atoms with Gasteiger partial charge in [-0.25, -0.2) is 9.97 Å². The molecule has 5 nitrogen and oxygen atoms in total. The summed E-state index contributed by atoms with van der Waals surface area (Å²) in [6.45, 7) is 5.60. The minimum Gasteiger partial charge on any atom is -0.481 e. The van der Waals surface area contributed by atoms with Crippen LogP contribution in [0.3, 0.4) is 0 Å². The molecular weight excluding hydrogens is 242 g/mol. The highest BCUT2D eigenvalue weighted by Crippen LogP contribution is 2.22. The Morgan fingerprint density at radius 3 is 2.79 bits per heavy atom. The highest BCUT2D eigenvalue weighted by molar-refractivity contribution is 5.76. The molecule has 0 unspecified atom stereocenters. The van der Waals surface area contributed by atoms with Gasteiger partial charge >= 0.3 is 0 Å². The molecule has 1 aromatic heterocycles. The maximum Gasteiger partial charge on any atom is 0.222 e. The second kappa shape index (κ2) is 5.99. The lowest BCUT2D eigenvalue weighted by Crippen LogP contribution is -2.33. The third-order valence-corrected chi connectivity index (χ3v) is 3.37. The largest absolute Gasteiger partial charge is 0.481 e. The van der Waals surface area contributed by atoms with Gasteiger partial charge < -0.3 is 9.64 Å². The number of carbonyl (C=O) groups excluding carboxylic acids is 1. The number of hydrogen-bond acceptors (Lipinski definition) is 4. The van der Waals surface area contributed by atoms with Gasteiger partial charge in [0.05, 0.1) is 12.8 Å². The van der Waals surface area contributed by atoms with Gasteiger partial charge in [0.2, 0.25) is 11.8 Å². The van der Waals surface area contributed by atoms with Crippen LogP contribution in [0.15, 0.2) is 6.33 Å². The van der Waals surface area contributed by atoms with Gasteiger partial charge in [-0.2, -0.15) is 0 Å². The fourth-order valence-electron chi connectivity index (χ4n) is 2.40. The SMILES string of the molecule is COc1ncnc2c1CCN(C(=O)CC(C)C)CC2. The van der Waals surface area contributed by atoms with Gasteiger partial charge in [-0.1, -0.05) is 13.8 Å². The van der Waals surface area contributed by atoms with Gasteiger partial charge in [-0.05, 0) is 12.3 Å². The zero-order valence-corrected chi connectivity index (χ0v) is 11.8. The van der Waals surface area contributed by atoms with Crippen molar-refractivity contribution in [2.75, 3.05) is 20.2 Å². The smallest absolute Gasteiger partial charge is 0.222 e. The summed E-state index contributed by atoms with van der Waals surface area (Å²) in [5.74, 6) is 1.27. The topological polar surface area (TPSA) is 55.3 Å². The van der Waals surface area contributed by atoms with Crippen LogP contribution in [0.5, 0.6) is 5.88 Å². The van der Waals surface area contributed by atoms with Crippen molar-refractivity contribution in [3.05, 3.63) is 17.6 Å². The lowest BCUT2D eigenvalue weighted by molar-refractivity contribution is -0.131. The van der Waals surface area contributed by atoms with E-state index in [1.165, 1.54) is 6.33 Å². The Kier molecular flexibility index (Phi) is 4.35. The first-order valence-corrected chi connectivity index (χ1v) is 6.76. The fourth-order valence-corrected chi connectivity index (χ4v) is 2.40. The molecule has 19 heavy (non-hydrogen) atoms. The van der Waals surface area contributed by atoms with E-state index >= 15 is 0 Å². The second-order valence-electron chi connectivity index (χ2n) is 5.29. The van der Waals surface area contributed by atoms with Crippen LogP contribution in [-0.4, -0.2) is 41.0 Å². The predicted molar refractivity (Wildman–Crippen MR) is 72.0 cm³/mol. The van der Waals surface area contributed by atoms with Crippen LogP contribution in [0.4, 0.5) is 0 Å². The van der Waals surface area contributed by atoms with Crippen molar-refractivity contribution < 1.29 is 9.53 Å². The molecule has 2 rings (SSSR count). The molecule has 0 N–H and O–H groups in total. The third-order valence-electron chi connectivity index (χ3n) is 3.37. The number of amides is 1. The summed E-state index contributed by atoms with van der Waals surface area (Å²) < 4.78 is 5.27. The molecule has 5 heteroatoms. The average Bonchev–Trinajstić information content (AvgIpc) is 2.59. The van der Waals surface area contributed by atoms with Crippen LogP contribution in [0.25, 0.3) is 0 Å². The molecule has 0 saturated carbocycles. The van der Waals surface area contributed by atoms with E-state index in [0.717, 1.165) is 37.2 Å². The summed E-state index contributed by atoms with van der Waals surface area (Å²) >= 11 is 0. The van der Waals surface area contributed by atoms with E-state index in [2.05, 4.69) is 23.8 Å². The number of rotatable bonds is 3. The van der Waals surface area contributed by atoms with Crippen molar-refractivity contribution in [3.63, 3.8) is 0 Å². The quantitative estimate of drug-likeness (QED) is 0.828. The number of ether oxygens (including phenoxy) is 1. The summed E-state index contributed by atoms with van der Waals surface area (Å²) in [4.78, 5) is 22.5. The van der Waals surface area contributed by atoms with Gasteiger partial charge in [-0.3, -0.25) is 4.79 Å². The van der Waals surface area contributed by atoms with Gasteiger partial charge in [0.15, 0.2) is 0 Å². The van der Waals surface area contributed by atoms with E-state index in [0.29, 0.717) is 18.2 Å². The molecule has 0 atom stereocenters. The minimum atomic E-state index is 0.231. The van der Waals surface area contributed by atoms with Crippen LogP contribution in [0, 0.1) is 5.92 Å². The van der Waals surface area contributed by atoms with E-state index < -0.39 is 0 Å². The zero-order valence-electron chi connectivity index (χ0n) is 11.8. The molecule has 0 saturated heterocycles. The summed E-state index contributed by atoms with van der Waals surface area (Å²) in [5.41, 5.74) is 2.05. The number of aromatic nitrogens is 2. The Morgan fingerprint density at radius 2 is 2.11 bits per heavy atom. The normalized spacial score (nSPS) is 15.1. The number of fused-ring (bicyclic) bond motifs is 1. The molecule has 1 aromatic rings. The van der Waals surface area contributed by atoms with Crippen LogP contribution < -0.4 is 4.74 Å². The Bertz CT molecular complexity index is 460. The Morgan fingerprint density at radius 1 is 1.37 bits per heavy atom. The molecule has 1 aliphatic heterocycles. The van der Waals surface area contributed by atoms with Crippen LogP contribution >= 0.6 is 0 Å². The van der Waals surface area contributed by atoms with Crippen molar-refractivity contribution in [2.24, 2.45) is 5.92 Å². The molecule has 0 aliphatic carbocycles. The molecule has 1 aliphatic rings. The minimum absolute atomic E-state index is 0.231. The first-order chi connectivity index (χ1) is 9.11. The molecule has 0 radical (unpaired) electrons. The number of methoxy groups -OCH3 is 1. The molecule has 2 heterocycles. The van der Waals surface area contributed by atoms with Crippen LogP contribution in [0.1, 0.15) is 31.5 Å². The Balaban J connectivity index is 2.10. The van der Waals surface area contributed by atoms with E-state index in [1.807, 2.05) is 4.90 Å². The number of nitrogens with zero attached hydrogens (tertiary/aromatic N) is 3. The molecule has 0 fully saturated rings. The summed E-state index contributed by atoms with van der Waals surface area (Å²) in [5, 5.41) is 0. The zero-order chi connectivity index (χ0) is 13.8. The third kappa shape index (κ3) is 3.22. The van der Waals surface area contributed by atoms with E-state index in [-0.39, 0.29) is 5.91 Å². The van der Waals surface area contributed by atoms with Gasteiger partial charge in [0.1, 0.15) is 6.33 Å². The maximum absolute atomic E-state index is 12.1. The van der Waals surface area contributed by atoms with Crippen LogP contribution in [-0.2, 0) is 17.6 Å². The van der Waals surface area contributed by atoms with Crippen molar-refractivity contribution >= 4 is 5.91 Å². The average molecular weight is 263 g/mol. The number of hydrogen-bond donors (Lipinski definition) is 0. The van der Waals surface area contributed by atoms with Crippen LogP contribution in [0.2, 0.25) is 0 Å². The van der Waals surface area contributed by atoms with E-state index in [1.54, 1.807) is 7.11 Å². The van der Waals surface area contributed by atoms with Crippen molar-refractivity contribution in [1.29, 1.82) is 0 Å². The van der Waals surface area contributed by atoms with Gasteiger partial charge in [0.25, 0.3) is 0 Å². The lowest BCUT2D eigenvalue weighted by Gasteiger charge is -2.21. The van der Waals surface area contributed by atoms with Crippen molar-refractivity contribution in [2.45, 2.75) is 33.1 Å². The first-order valence-electron chi connectivity index (χ1n) is 6.76. The second-order valence-corrected chi connectivity index (χ2v) is 5.29. The first kappa shape index (κ1) is 13.8. The fraction of sp³-hybridized carbons (Fsp3) is 0.643. The Hall–Kier alpha value is -1.65. The van der Waals surface area contributed by atoms with Crippen molar-refractivity contribution in [3.8, 4) is 5.88 Å². The molecular formula is C14H21N3O2. The lowest BCUT2D eigenvalue weighted by atomic mass is 10.1. The summed E-state index contributed by atoms with van der Waals surface area (Å²) in [7, 11) is 1.62. The standard InChI is InChI=1S/C14H21N3O2/c1-10(2)8-13(18)17-6-4-11-12(5-7-17)15-9-16-14(11)19-3/h9-10H,4-8H2,1-3H3.